The van der Waals surface area contributed by atoms with Crippen LogP contribution in [-0.2, 0) is 0 Å². The lowest BCUT2D eigenvalue weighted by Crippen LogP contribution is -1.97. The molecule has 0 bridgehead atoms. The minimum Gasteiger partial charge on any atom is -0.368 e. The van der Waals surface area contributed by atoms with Gasteiger partial charge in [0, 0.05) is 17.0 Å². The average Bonchev–Trinajstić information content (AvgIpc) is 2.81. The number of nitrogens with zero attached hydrogens (tertiary/aromatic N) is 3. The highest BCUT2D eigenvalue weighted by atomic mass is 32.1. The second kappa shape index (κ2) is 3.53. The molecule has 78 valence electrons. The molecule has 0 unspecified atom stereocenters. The lowest BCUT2D eigenvalue weighted by molar-refractivity contribution is 1.23. The zero-order chi connectivity index (χ0) is 11.0. The molecule has 0 fully saturated rings. The fourth-order valence-electron chi connectivity index (χ4n) is 1.60. The van der Waals surface area contributed by atoms with Gasteiger partial charge in [-0.15, -0.1) is 11.3 Å². The highest BCUT2D eigenvalue weighted by Crippen LogP contribution is 2.27. The van der Waals surface area contributed by atoms with Crippen molar-refractivity contribution in [3.8, 4) is 10.7 Å². The van der Waals surface area contributed by atoms with E-state index in [-0.39, 0.29) is 5.95 Å². The number of fused-ring (bicyclic) bond motifs is 1. The summed E-state index contributed by atoms with van der Waals surface area (Å²) in [6.45, 7) is 0. The summed E-state index contributed by atoms with van der Waals surface area (Å²) in [6.07, 6.45) is 1.76. The van der Waals surface area contributed by atoms with Crippen LogP contribution in [0.4, 0.5) is 5.95 Å². The minimum absolute atomic E-state index is 0.281. The largest absolute Gasteiger partial charge is 0.368 e. The van der Waals surface area contributed by atoms with Crippen LogP contribution in [-0.4, -0.2) is 15.0 Å². The van der Waals surface area contributed by atoms with E-state index >= 15 is 0 Å². The fraction of sp³-hybridized carbons (Fsp3) is 0. The Labute approximate surface area is 95.8 Å². The van der Waals surface area contributed by atoms with Crippen molar-refractivity contribution in [2.45, 2.75) is 0 Å². The van der Waals surface area contributed by atoms with Crippen molar-refractivity contribution in [2.24, 2.45) is 0 Å². The fourth-order valence-corrected chi connectivity index (χ4v) is 2.24. The maximum atomic E-state index is 5.69. The van der Waals surface area contributed by atoms with Crippen LogP contribution in [0.1, 0.15) is 0 Å². The molecule has 0 amide bonds. The molecular formula is C11H8N4S. The van der Waals surface area contributed by atoms with E-state index in [9.17, 15) is 0 Å². The van der Waals surface area contributed by atoms with Crippen LogP contribution in [0.15, 0.2) is 35.8 Å². The summed E-state index contributed by atoms with van der Waals surface area (Å²) in [6, 6.07) is 7.79. The first-order valence-corrected chi connectivity index (χ1v) is 5.65. The molecule has 0 spiro atoms. The van der Waals surface area contributed by atoms with Crippen molar-refractivity contribution in [3.05, 3.63) is 35.8 Å². The highest BCUT2D eigenvalue weighted by Gasteiger charge is 2.09. The summed E-state index contributed by atoms with van der Waals surface area (Å²) < 4.78 is 0. The number of thiazole rings is 1. The standard InChI is InChI=1S/C11H8N4S/c12-11-14-8-4-2-1-3-7(8)9(15-11)10-13-5-6-16-10/h1-6H,(H2,12,14,15). The molecule has 2 N–H and O–H groups in total. The van der Waals surface area contributed by atoms with Gasteiger partial charge in [-0.3, -0.25) is 0 Å². The van der Waals surface area contributed by atoms with Gasteiger partial charge < -0.3 is 5.73 Å². The van der Waals surface area contributed by atoms with Gasteiger partial charge in [-0.1, -0.05) is 18.2 Å². The van der Waals surface area contributed by atoms with Gasteiger partial charge in [0.05, 0.1) is 5.52 Å². The van der Waals surface area contributed by atoms with Crippen LogP contribution in [0.25, 0.3) is 21.6 Å². The molecule has 4 nitrogen and oxygen atoms in total. The van der Waals surface area contributed by atoms with Gasteiger partial charge in [-0.05, 0) is 6.07 Å². The topological polar surface area (TPSA) is 64.7 Å². The van der Waals surface area contributed by atoms with Gasteiger partial charge in [0.15, 0.2) is 0 Å². The van der Waals surface area contributed by atoms with E-state index in [4.69, 9.17) is 5.73 Å². The van der Waals surface area contributed by atoms with E-state index < -0.39 is 0 Å². The minimum atomic E-state index is 0.281. The number of rotatable bonds is 1. The molecule has 2 heterocycles. The van der Waals surface area contributed by atoms with Gasteiger partial charge >= 0.3 is 0 Å². The number of anilines is 1. The molecule has 0 aliphatic carbocycles. The molecular weight excluding hydrogens is 220 g/mol. The van der Waals surface area contributed by atoms with Crippen molar-refractivity contribution in [1.82, 2.24) is 15.0 Å². The molecule has 5 heteroatoms. The third-order valence-electron chi connectivity index (χ3n) is 2.26. The Balaban J connectivity index is 2.39. The molecule has 1 aromatic carbocycles. The summed E-state index contributed by atoms with van der Waals surface area (Å²) in [5.41, 5.74) is 7.34. The Morgan fingerprint density at radius 1 is 1.12 bits per heavy atom. The predicted octanol–water partition coefficient (Wildman–Crippen LogP) is 2.34. The summed E-state index contributed by atoms with van der Waals surface area (Å²) in [5.74, 6) is 0.281. The van der Waals surface area contributed by atoms with Crippen molar-refractivity contribution in [3.63, 3.8) is 0 Å². The second-order valence-corrected chi connectivity index (χ2v) is 4.18. The molecule has 0 radical (unpaired) electrons. The Bertz CT molecular complexity index is 634. The zero-order valence-corrected chi connectivity index (χ0v) is 9.11. The maximum Gasteiger partial charge on any atom is 0.221 e. The number of hydrogen-bond acceptors (Lipinski definition) is 5. The van der Waals surface area contributed by atoms with Crippen LogP contribution in [0.5, 0.6) is 0 Å². The van der Waals surface area contributed by atoms with E-state index in [1.54, 1.807) is 17.5 Å². The smallest absolute Gasteiger partial charge is 0.221 e. The predicted molar refractivity (Wildman–Crippen MR) is 65.1 cm³/mol. The number of para-hydroxylation sites is 1. The third-order valence-corrected chi connectivity index (χ3v) is 3.04. The maximum absolute atomic E-state index is 5.69. The van der Waals surface area contributed by atoms with Gasteiger partial charge in [0.2, 0.25) is 5.95 Å². The molecule has 3 aromatic rings. The highest BCUT2D eigenvalue weighted by molar-refractivity contribution is 7.13. The SMILES string of the molecule is Nc1nc(-c2nccs2)c2ccccc2n1. The van der Waals surface area contributed by atoms with Crippen molar-refractivity contribution >= 4 is 28.2 Å². The van der Waals surface area contributed by atoms with Crippen molar-refractivity contribution in [1.29, 1.82) is 0 Å². The van der Waals surface area contributed by atoms with Gasteiger partial charge in [-0.2, -0.15) is 0 Å². The number of hydrogen-bond donors (Lipinski definition) is 1. The Hall–Kier alpha value is -2.01. The molecule has 16 heavy (non-hydrogen) atoms. The lowest BCUT2D eigenvalue weighted by Gasteiger charge is -2.03. The summed E-state index contributed by atoms with van der Waals surface area (Å²) >= 11 is 1.54. The number of nitrogens with two attached hydrogens (primary N) is 1. The zero-order valence-electron chi connectivity index (χ0n) is 8.29. The Morgan fingerprint density at radius 3 is 2.81 bits per heavy atom. The first-order chi connectivity index (χ1) is 7.84. The summed E-state index contributed by atoms with van der Waals surface area (Å²) in [7, 11) is 0. The van der Waals surface area contributed by atoms with Crippen molar-refractivity contribution < 1.29 is 0 Å². The quantitative estimate of drug-likeness (QED) is 0.694. The first kappa shape index (κ1) is 9.23. The van der Waals surface area contributed by atoms with Crippen LogP contribution >= 0.6 is 11.3 Å². The van der Waals surface area contributed by atoms with E-state index in [1.165, 1.54) is 0 Å². The van der Waals surface area contributed by atoms with E-state index in [1.807, 2.05) is 29.6 Å². The molecule has 0 aliphatic heterocycles. The normalized spacial score (nSPS) is 10.8. The number of nitrogen functional groups attached to an aromatic ring is 1. The molecule has 3 rings (SSSR count). The number of aromatic nitrogens is 3. The second-order valence-electron chi connectivity index (χ2n) is 3.28. The lowest BCUT2D eigenvalue weighted by atomic mass is 10.2. The molecule has 0 atom stereocenters. The van der Waals surface area contributed by atoms with Gasteiger partial charge in [0.1, 0.15) is 10.7 Å². The molecule has 0 saturated heterocycles. The Morgan fingerprint density at radius 2 is 2.00 bits per heavy atom. The van der Waals surface area contributed by atoms with E-state index in [2.05, 4.69) is 15.0 Å². The number of benzene rings is 1. The van der Waals surface area contributed by atoms with Crippen LogP contribution in [0.3, 0.4) is 0 Å². The van der Waals surface area contributed by atoms with E-state index in [0.717, 1.165) is 21.6 Å². The van der Waals surface area contributed by atoms with Crippen LogP contribution in [0.2, 0.25) is 0 Å². The first-order valence-electron chi connectivity index (χ1n) is 4.77. The average molecular weight is 228 g/mol. The molecule has 0 aliphatic rings. The monoisotopic (exact) mass is 228 g/mol. The Kier molecular flexibility index (Phi) is 2.04. The third kappa shape index (κ3) is 1.42. The van der Waals surface area contributed by atoms with Gasteiger partial charge in [-0.25, -0.2) is 15.0 Å². The molecule has 2 aromatic heterocycles. The van der Waals surface area contributed by atoms with Crippen LogP contribution < -0.4 is 5.73 Å². The van der Waals surface area contributed by atoms with Crippen LogP contribution in [0, 0.1) is 0 Å². The van der Waals surface area contributed by atoms with Gasteiger partial charge in [0.25, 0.3) is 0 Å². The van der Waals surface area contributed by atoms with E-state index in [0.29, 0.717) is 0 Å². The summed E-state index contributed by atoms with van der Waals surface area (Å²) in [5, 5.41) is 3.76. The van der Waals surface area contributed by atoms with Crippen molar-refractivity contribution in [2.75, 3.05) is 5.73 Å². The molecule has 0 saturated carbocycles. The summed E-state index contributed by atoms with van der Waals surface area (Å²) in [4.78, 5) is 12.7.